The van der Waals surface area contributed by atoms with Crippen LogP contribution in [-0.4, -0.2) is 10.8 Å². The number of aromatic nitrogens is 1. The third-order valence-electron chi connectivity index (χ3n) is 3.55. The summed E-state index contributed by atoms with van der Waals surface area (Å²) in [4.78, 5) is 18.9. The molecule has 2 nitrogen and oxygen atoms in total. The molecule has 4 aromatic rings. The summed E-state index contributed by atoms with van der Waals surface area (Å²) in [7, 11) is 0. The Morgan fingerprint density at radius 2 is 1.73 bits per heavy atom. The quantitative estimate of drug-likeness (QED) is 0.441. The van der Waals surface area contributed by atoms with Crippen LogP contribution in [0.25, 0.3) is 21.1 Å². The molecule has 4 rings (SSSR count). The lowest BCUT2D eigenvalue weighted by atomic mass is 10.1. The van der Waals surface area contributed by atoms with Gasteiger partial charge in [0.05, 0.1) is 10.4 Å². The van der Waals surface area contributed by atoms with Gasteiger partial charge in [0.1, 0.15) is 4.83 Å². The van der Waals surface area contributed by atoms with E-state index in [1.807, 2.05) is 54.6 Å². The third kappa shape index (κ3) is 2.25. The third-order valence-corrected chi connectivity index (χ3v) is 5.29. The van der Waals surface area contributed by atoms with E-state index in [2.05, 4.69) is 27.0 Å². The van der Waals surface area contributed by atoms with Gasteiger partial charge in [-0.2, -0.15) is 0 Å². The van der Waals surface area contributed by atoms with Gasteiger partial charge in [-0.25, -0.2) is 4.98 Å². The molecular formula is C18H10BrNOS. The van der Waals surface area contributed by atoms with E-state index in [1.165, 1.54) is 11.3 Å². The van der Waals surface area contributed by atoms with Gasteiger partial charge in [-0.15, -0.1) is 11.3 Å². The number of carbonyl (C=O) groups is 1. The molecule has 4 heteroatoms. The number of nitrogens with zero attached hydrogens (tertiary/aromatic N) is 1. The molecule has 0 aliphatic carbocycles. The first-order valence-electron chi connectivity index (χ1n) is 6.81. The fraction of sp³-hybridized carbons (Fsp3) is 0. The largest absolute Gasteiger partial charge is 0.288 e. The van der Waals surface area contributed by atoms with Gasteiger partial charge in [0.25, 0.3) is 0 Å². The minimum atomic E-state index is 0.0273. The van der Waals surface area contributed by atoms with Crippen LogP contribution in [0.5, 0.6) is 0 Å². The number of hydrogen-bond donors (Lipinski definition) is 0. The molecule has 0 amide bonds. The zero-order valence-electron chi connectivity index (χ0n) is 11.4. The average molecular weight is 368 g/mol. The second-order valence-corrected chi connectivity index (χ2v) is 6.88. The molecule has 0 bridgehead atoms. The maximum absolute atomic E-state index is 12.7. The number of para-hydroxylation sites is 1. The summed E-state index contributed by atoms with van der Waals surface area (Å²) < 4.78 is 0.815. The van der Waals surface area contributed by atoms with Crippen LogP contribution in [0.2, 0.25) is 0 Å². The standard InChI is InChI=1S/C18H10BrNOS/c19-14-7-3-2-6-13(14)17(21)16-10-12-9-11-5-1-4-8-15(11)20-18(12)22-16/h1-10H. The molecule has 0 spiro atoms. The first-order chi connectivity index (χ1) is 10.7. The number of ketones is 1. The van der Waals surface area contributed by atoms with Crippen LogP contribution in [0.15, 0.2) is 65.1 Å². The van der Waals surface area contributed by atoms with E-state index in [0.29, 0.717) is 10.4 Å². The molecule has 0 saturated heterocycles. The zero-order valence-corrected chi connectivity index (χ0v) is 13.8. The number of pyridine rings is 1. The summed E-state index contributed by atoms with van der Waals surface area (Å²) in [6, 6.07) is 19.5. The summed E-state index contributed by atoms with van der Waals surface area (Å²) in [5, 5.41) is 2.10. The summed E-state index contributed by atoms with van der Waals surface area (Å²) >= 11 is 4.88. The van der Waals surface area contributed by atoms with E-state index in [0.717, 1.165) is 25.6 Å². The lowest BCUT2D eigenvalue weighted by Gasteiger charge is -2.00. The molecule has 2 aromatic heterocycles. The predicted molar refractivity (Wildman–Crippen MR) is 94.7 cm³/mol. The summed E-state index contributed by atoms with van der Waals surface area (Å²) in [6.07, 6.45) is 0. The van der Waals surface area contributed by atoms with Crippen molar-refractivity contribution in [3.05, 3.63) is 75.6 Å². The Labute approximate surface area is 139 Å². The van der Waals surface area contributed by atoms with Crippen molar-refractivity contribution in [1.29, 1.82) is 0 Å². The molecule has 2 heterocycles. The Morgan fingerprint density at radius 3 is 2.59 bits per heavy atom. The maximum Gasteiger partial charge on any atom is 0.204 e. The summed E-state index contributed by atoms with van der Waals surface area (Å²) in [6.45, 7) is 0. The van der Waals surface area contributed by atoms with Crippen molar-refractivity contribution in [3.63, 3.8) is 0 Å². The fourth-order valence-electron chi connectivity index (χ4n) is 2.46. The first kappa shape index (κ1) is 13.6. The van der Waals surface area contributed by atoms with Gasteiger partial charge < -0.3 is 0 Å². The highest BCUT2D eigenvalue weighted by Gasteiger charge is 2.15. The van der Waals surface area contributed by atoms with E-state index in [4.69, 9.17) is 0 Å². The molecule has 0 fully saturated rings. The van der Waals surface area contributed by atoms with Gasteiger partial charge >= 0.3 is 0 Å². The van der Waals surface area contributed by atoms with E-state index in [-0.39, 0.29) is 5.78 Å². The van der Waals surface area contributed by atoms with Crippen molar-refractivity contribution in [2.75, 3.05) is 0 Å². The Bertz CT molecular complexity index is 969. The van der Waals surface area contributed by atoms with Crippen molar-refractivity contribution >= 4 is 54.2 Å². The Hall–Kier alpha value is -2.04. The molecule has 0 atom stereocenters. The SMILES string of the molecule is O=C(c1cc2cc3ccccc3nc2s1)c1ccccc1Br. The topological polar surface area (TPSA) is 30.0 Å². The van der Waals surface area contributed by atoms with Crippen molar-refractivity contribution in [2.45, 2.75) is 0 Å². The minimum Gasteiger partial charge on any atom is -0.288 e. The van der Waals surface area contributed by atoms with Gasteiger partial charge in [-0.05, 0) is 30.3 Å². The van der Waals surface area contributed by atoms with Crippen LogP contribution in [-0.2, 0) is 0 Å². The van der Waals surface area contributed by atoms with E-state index in [1.54, 1.807) is 0 Å². The molecule has 0 aliphatic heterocycles. The molecule has 0 N–H and O–H groups in total. The maximum atomic E-state index is 12.7. The van der Waals surface area contributed by atoms with Gasteiger partial charge in [-0.1, -0.05) is 46.3 Å². The number of halogens is 1. The highest BCUT2D eigenvalue weighted by Crippen LogP contribution is 2.30. The van der Waals surface area contributed by atoms with Crippen LogP contribution < -0.4 is 0 Å². The molecule has 2 aromatic carbocycles. The normalized spacial score (nSPS) is 11.1. The van der Waals surface area contributed by atoms with Crippen LogP contribution in [0, 0.1) is 0 Å². The number of carbonyl (C=O) groups excluding carboxylic acids is 1. The van der Waals surface area contributed by atoms with Crippen LogP contribution >= 0.6 is 27.3 Å². The highest BCUT2D eigenvalue weighted by atomic mass is 79.9. The second kappa shape index (κ2) is 5.30. The molecule has 0 aliphatic rings. The number of thiophene rings is 1. The van der Waals surface area contributed by atoms with E-state index in [9.17, 15) is 4.79 Å². The number of hydrogen-bond acceptors (Lipinski definition) is 3. The second-order valence-electron chi connectivity index (χ2n) is 5.00. The van der Waals surface area contributed by atoms with Crippen molar-refractivity contribution < 1.29 is 4.79 Å². The molecule has 0 saturated carbocycles. The zero-order chi connectivity index (χ0) is 15.1. The minimum absolute atomic E-state index is 0.0273. The monoisotopic (exact) mass is 367 g/mol. The summed E-state index contributed by atoms with van der Waals surface area (Å²) in [5.41, 5.74) is 1.63. The molecular weight excluding hydrogens is 358 g/mol. The Morgan fingerprint density at radius 1 is 0.955 bits per heavy atom. The lowest BCUT2D eigenvalue weighted by molar-refractivity contribution is 0.104. The molecule has 0 radical (unpaired) electrons. The number of rotatable bonds is 2. The van der Waals surface area contributed by atoms with Gasteiger partial charge in [0.15, 0.2) is 0 Å². The predicted octanol–water partition coefficient (Wildman–Crippen LogP) is 5.44. The molecule has 0 unspecified atom stereocenters. The molecule has 106 valence electrons. The molecule has 22 heavy (non-hydrogen) atoms. The van der Waals surface area contributed by atoms with E-state index >= 15 is 0 Å². The van der Waals surface area contributed by atoms with Crippen molar-refractivity contribution in [3.8, 4) is 0 Å². The van der Waals surface area contributed by atoms with Gasteiger partial charge in [0, 0.05) is 20.8 Å². The van der Waals surface area contributed by atoms with Crippen molar-refractivity contribution in [2.24, 2.45) is 0 Å². The van der Waals surface area contributed by atoms with Crippen molar-refractivity contribution in [1.82, 2.24) is 4.98 Å². The average Bonchev–Trinajstić information content (AvgIpc) is 2.95. The van der Waals surface area contributed by atoms with Gasteiger partial charge in [-0.3, -0.25) is 4.79 Å². The highest BCUT2D eigenvalue weighted by molar-refractivity contribution is 9.10. The summed E-state index contributed by atoms with van der Waals surface area (Å²) in [5.74, 6) is 0.0273. The van der Waals surface area contributed by atoms with Crippen LogP contribution in [0.4, 0.5) is 0 Å². The Kier molecular flexibility index (Phi) is 3.28. The number of benzene rings is 2. The van der Waals surface area contributed by atoms with Crippen LogP contribution in [0.3, 0.4) is 0 Å². The van der Waals surface area contributed by atoms with Gasteiger partial charge in [0.2, 0.25) is 5.78 Å². The number of fused-ring (bicyclic) bond motifs is 2. The van der Waals surface area contributed by atoms with Crippen LogP contribution in [0.1, 0.15) is 15.2 Å². The smallest absolute Gasteiger partial charge is 0.204 e. The fourth-order valence-corrected chi connectivity index (χ4v) is 3.91. The first-order valence-corrected chi connectivity index (χ1v) is 8.42. The lowest BCUT2D eigenvalue weighted by Crippen LogP contribution is -1.99. The Balaban J connectivity index is 1.87. The van der Waals surface area contributed by atoms with E-state index < -0.39 is 0 Å².